The van der Waals surface area contributed by atoms with Gasteiger partial charge in [-0.25, -0.2) is 0 Å². The van der Waals surface area contributed by atoms with Crippen molar-refractivity contribution in [3.8, 4) is 0 Å². The lowest BCUT2D eigenvalue weighted by Gasteiger charge is -2.31. The number of piperidine rings is 1. The molecule has 0 spiro atoms. The van der Waals surface area contributed by atoms with Crippen molar-refractivity contribution in [2.45, 2.75) is 29.0 Å². The Labute approximate surface area is 117 Å². The predicted molar refractivity (Wildman–Crippen MR) is 75.4 cm³/mol. The zero-order valence-corrected chi connectivity index (χ0v) is 11.7. The van der Waals surface area contributed by atoms with E-state index in [4.69, 9.17) is 11.6 Å². The van der Waals surface area contributed by atoms with Crippen LogP contribution in [0.15, 0.2) is 29.2 Å². The van der Waals surface area contributed by atoms with Crippen LogP contribution >= 0.6 is 23.4 Å². The Morgan fingerprint density at radius 2 is 2.00 bits per heavy atom. The molecule has 1 saturated heterocycles. The molecular formula is C14H16ClNOS. The van der Waals surface area contributed by atoms with Gasteiger partial charge >= 0.3 is 0 Å². The molecule has 0 aromatic heterocycles. The number of fused-ring (bicyclic) bond motifs is 1. The monoisotopic (exact) mass is 281 g/mol. The summed E-state index contributed by atoms with van der Waals surface area (Å²) in [4.78, 5) is 15.8. The molecular weight excluding hydrogens is 266 g/mol. The van der Waals surface area contributed by atoms with E-state index in [-0.39, 0.29) is 17.2 Å². The highest BCUT2D eigenvalue weighted by molar-refractivity contribution is 7.99. The Kier molecular flexibility index (Phi) is 3.53. The van der Waals surface area contributed by atoms with Gasteiger partial charge in [0.15, 0.2) is 0 Å². The van der Waals surface area contributed by atoms with Crippen molar-refractivity contribution < 1.29 is 4.79 Å². The van der Waals surface area contributed by atoms with Crippen LogP contribution in [0, 0.1) is 0 Å². The van der Waals surface area contributed by atoms with E-state index >= 15 is 0 Å². The highest BCUT2D eigenvalue weighted by Crippen LogP contribution is 2.40. The Morgan fingerprint density at radius 3 is 2.78 bits per heavy atom. The summed E-state index contributed by atoms with van der Waals surface area (Å²) < 4.78 is 0. The first kappa shape index (κ1) is 12.4. The van der Waals surface area contributed by atoms with E-state index in [1.165, 1.54) is 10.5 Å². The lowest BCUT2D eigenvalue weighted by molar-refractivity contribution is -0.133. The minimum Gasteiger partial charge on any atom is -0.342 e. The van der Waals surface area contributed by atoms with E-state index in [1.807, 2.05) is 17.0 Å². The number of hydrogen-bond donors (Lipinski definition) is 0. The van der Waals surface area contributed by atoms with Crippen molar-refractivity contribution in [3.63, 3.8) is 0 Å². The van der Waals surface area contributed by atoms with Crippen LogP contribution in [0.2, 0.25) is 0 Å². The summed E-state index contributed by atoms with van der Waals surface area (Å²) in [5, 5.41) is 0.249. The van der Waals surface area contributed by atoms with E-state index in [0.29, 0.717) is 0 Å². The van der Waals surface area contributed by atoms with Crippen molar-refractivity contribution in [2.75, 3.05) is 18.8 Å². The molecule has 3 rings (SSSR count). The average Bonchev–Trinajstić information content (AvgIpc) is 2.82. The maximum atomic E-state index is 12.5. The average molecular weight is 282 g/mol. The number of hydrogen-bond acceptors (Lipinski definition) is 2. The number of halogens is 1. The van der Waals surface area contributed by atoms with Crippen molar-refractivity contribution in [1.29, 1.82) is 0 Å². The second kappa shape index (κ2) is 5.14. The zero-order valence-electron chi connectivity index (χ0n) is 10.1. The summed E-state index contributed by atoms with van der Waals surface area (Å²) in [6, 6.07) is 8.26. The minimum absolute atomic E-state index is 0.0538. The molecule has 2 aliphatic rings. The van der Waals surface area contributed by atoms with Crippen molar-refractivity contribution >= 4 is 29.3 Å². The summed E-state index contributed by atoms with van der Waals surface area (Å²) in [7, 11) is 0. The molecule has 0 radical (unpaired) electrons. The van der Waals surface area contributed by atoms with E-state index in [1.54, 1.807) is 11.8 Å². The van der Waals surface area contributed by atoms with Crippen molar-refractivity contribution in [3.05, 3.63) is 29.8 Å². The van der Waals surface area contributed by atoms with Gasteiger partial charge in [0.2, 0.25) is 5.91 Å². The standard InChI is InChI=1S/C14H16ClNOS/c15-10-5-7-16(8-6-10)14(17)12-9-18-13-4-2-1-3-11(12)13/h1-4,10,12H,5-9H2. The molecule has 18 heavy (non-hydrogen) atoms. The third kappa shape index (κ3) is 2.26. The van der Waals surface area contributed by atoms with Gasteiger partial charge in [-0.15, -0.1) is 23.4 Å². The maximum Gasteiger partial charge on any atom is 0.231 e. The summed E-state index contributed by atoms with van der Waals surface area (Å²) in [5.41, 5.74) is 1.21. The molecule has 2 nitrogen and oxygen atoms in total. The second-order valence-corrected chi connectivity index (χ2v) is 6.58. The molecule has 0 aliphatic carbocycles. The number of alkyl halides is 1. The Balaban J connectivity index is 1.74. The number of benzene rings is 1. The largest absolute Gasteiger partial charge is 0.342 e. The van der Waals surface area contributed by atoms with Gasteiger partial charge in [0.05, 0.1) is 5.92 Å². The van der Waals surface area contributed by atoms with Gasteiger partial charge < -0.3 is 4.90 Å². The van der Waals surface area contributed by atoms with Crippen LogP contribution in [0.3, 0.4) is 0 Å². The number of nitrogens with zero attached hydrogens (tertiary/aromatic N) is 1. The quantitative estimate of drug-likeness (QED) is 0.737. The first-order valence-corrected chi connectivity index (χ1v) is 7.82. The Bertz CT molecular complexity index is 457. The van der Waals surface area contributed by atoms with E-state index < -0.39 is 0 Å². The van der Waals surface area contributed by atoms with Crippen LogP contribution in [-0.2, 0) is 4.79 Å². The summed E-state index contributed by atoms with van der Waals surface area (Å²) in [5.74, 6) is 1.23. The molecule has 1 amide bonds. The third-order valence-electron chi connectivity index (χ3n) is 3.73. The van der Waals surface area contributed by atoms with Gasteiger partial charge in [-0.05, 0) is 24.5 Å². The lowest BCUT2D eigenvalue weighted by Crippen LogP contribution is -2.41. The Morgan fingerprint density at radius 1 is 1.28 bits per heavy atom. The Hall–Kier alpha value is -0.670. The zero-order chi connectivity index (χ0) is 12.5. The van der Waals surface area contributed by atoms with E-state index in [9.17, 15) is 4.79 Å². The number of carbonyl (C=O) groups is 1. The van der Waals surface area contributed by atoms with Gasteiger partial charge in [-0.2, -0.15) is 0 Å². The number of carbonyl (C=O) groups excluding carboxylic acids is 1. The smallest absolute Gasteiger partial charge is 0.231 e. The maximum absolute atomic E-state index is 12.5. The molecule has 0 bridgehead atoms. The molecule has 0 saturated carbocycles. The molecule has 2 heterocycles. The van der Waals surface area contributed by atoms with Crippen molar-refractivity contribution in [2.24, 2.45) is 0 Å². The molecule has 1 aromatic carbocycles. The highest BCUT2D eigenvalue weighted by Gasteiger charge is 2.33. The minimum atomic E-state index is 0.0538. The molecule has 2 aliphatic heterocycles. The molecule has 1 fully saturated rings. The van der Waals surface area contributed by atoms with Crippen LogP contribution in [-0.4, -0.2) is 35.0 Å². The molecule has 4 heteroatoms. The first-order chi connectivity index (χ1) is 8.75. The number of likely N-dealkylation sites (tertiary alicyclic amines) is 1. The van der Waals surface area contributed by atoms with Crippen LogP contribution in [0.1, 0.15) is 24.3 Å². The lowest BCUT2D eigenvalue weighted by atomic mass is 9.98. The van der Waals surface area contributed by atoms with Crippen molar-refractivity contribution in [1.82, 2.24) is 4.90 Å². The predicted octanol–water partition coefficient (Wildman–Crippen LogP) is 3.11. The fraction of sp³-hybridized carbons (Fsp3) is 0.500. The summed E-state index contributed by atoms with van der Waals surface area (Å²) in [6.07, 6.45) is 1.85. The third-order valence-corrected chi connectivity index (χ3v) is 5.35. The molecule has 1 atom stereocenters. The van der Waals surface area contributed by atoms with E-state index in [0.717, 1.165) is 31.7 Å². The topological polar surface area (TPSA) is 20.3 Å². The SMILES string of the molecule is O=C(C1CSc2ccccc21)N1CCC(Cl)CC1. The van der Waals surface area contributed by atoms with Gasteiger partial charge in [-0.1, -0.05) is 18.2 Å². The van der Waals surface area contributed by atoms with Gasteiger partial charge in [0, 0.05) is 29.1 Å². The van der Waals surface area contributed by atoms with Gasteiger partial charge in [-0.3, -0.25) is 4.79 Å². The molecule has 1 unspecified atom stereocenters. The molecule has 96 valence electrons. The molecule has 1 aromatic rings. The van der Waals surface area contributed by atoms with E-state index in [2.05, 4.69) is 12.1 Å². The van der Waals surface area contributed by atoms with Crippen LogP contribution in [0.25, 0.3) is 0 Å². The number of rotatable bonds is 1. The summed E-state index contributed by atoms with van der Waals surface area (Å²) in [6.45, 7) is 1.63. The summed E-state index contributed by atoms with van der Waals surface area (Å²) >= 11 is 7.88. The fourth-order valence-electron chi connectivity index (χ4n) is 2.66. The molecule has 0 N–H and O–H groups in total. The number of amides is 1. The first-order valence-electron chi connectivity index (χ1n) is 6.40. The van der Waals surface area contributed by atoms with Crippen LogP contribution in [0.4, 0.5) is 0 Å². The highest BCUT2D eigenvalue weighted by atomic mass is 35.5. The van der Waals surface area contributed by atoms with Gasteiger partial charge in [0.25, 0.3) is 0 Å². The van der Waals surface area contributed by atoms with Crippen LogP contribution in [0.5, 0.6) is 0 Å². The fourth-order valence-corrected chi connectivity index (χ4v) is 4.07. The van der Waals surface area contributed by atoms with Crippen LogP contribution < -0.4 is 0 Å². The normalized spacial score (nSPS) is 24.1. The second-order valence-electron chi connectivity index (χ2n) is 4.90. The number of thioether (sulfide) groups is 1. The van der Waals surface area contributed by atoms with Gasteiger partial charge in [0.1, 0.15) is 0 Å².